The quantitative estimate of drug-likeness (QED) is 0.821. The Morgan fingerprint density at radius 1 is 1.22 bits per heavy atom. The van der Waals surface area contributed by atoms with Crippen LogP contribution >= 0.6 is 0 Å². The summed E-state index contributed by atoms with van der Waals surface area (Å²) in [6.07, 6.45) is 6.84. The monoisotopic (exact) mass is 325 g/mol. The molecule has 4 heteroatoms. The van der Waals surface area contributed by atoms with Crippen LogP contribution in [-0.4, -0.2) is 39.9 Å². The van der Waals surface area contributed by atoms with Crippen molar-refractivity contribution in [3.8, 4) is 0 Å². The maximum atomic E-state index is 12.8. The molecule has 0 aromatic heterocycles. The van der Waals surface area contributed by atoms with Crippen LogP contribution in [0.4, 0.5) is 4.79 Å². The van der Waals surface area contributed by atoms with Crippen molar-refractivity contribution in [3.05, 3.63) is 0 Å². The van der Waals surface area contributed by atoms with E-state index in [0.717, 1.165) is 44.9 Å². The van der Waals surface area contributed by atoms with Gasteiger partial charge in [0, 0.05) is 18.0 Å². The second-order valence-electron chi connectivity index (χ2n) is 8.55. The van der Waals surface area contributed by atoms with Crippen molar-refractivity contribution in [1.29, 1.82) is 0 Å². The molecule has 0 spiro atoms. The Bertz CT molecular complexity index is 404. The average Bonchev–Trinajstić information content (AvgIpc) is 2.45. The number of carbonyl (C=O) groups is 1. The fourth-order valence-electron chi connectivity index (χ4n) is 4.34. The summed E-state index contributed by atoms with van der Waals surface area (Å²) in [6, 6.07) is 0.316. The first-order chi connectivity index (χ1) is 10.7. The smallest absolute Gasteiger partial charge is 0.410 e. The number of likely N-dealkylation sites (tertiary alicyclic amines) is 1. The molecule has 0 radical (unpaired) electrons. The van der Waals surface area contributed by atoms with Crippen LogP contribution in [0.5, 0.6) is 0 Å². The van der Waals surface area contributed by atoms with E-state index in [1.165, 1.54) is 0 Å². The summed E-state index contributed by atoms with van der Waals surface area (Å²) < 4.78 is 5.66. The highest BCUT2D eigenvalue weighted by atomic mass is 16.6. The standard InChI is InChI=1S/C19H35NO3/c1-6-14-10-11-17(21)15(12-14)16-9-7-8-13(2)20(16)18(22)23-19(3,4)5/h13-17,21H,6-12H2,1-5H3. The second-order valence-corrected chi connectivity index (χ2v) is 8.55. The molecule has 1 heterocycles. The molecule has 5 atom stereocenters. The van der Waals surface area contributed by atoms with Crippen LogP contribution in [0.15, 0.2) is 0 Å². The van der Waals surface area contributed by atoms with Crippen molar-refractivity contribution in [2.45, 2.75) is 103 Å². The van der Waals surface area contributed by atoms with Gasteiger partial charge in [-0.2, -0.15) is 0 Å². The molecule has 1 saturated heterocycles. The summed E-state index contributed by atoms with van der Waals surface area (Å²) in [5, 5.41) is 10.6. The zero-order valence-electron chi connectivity index (χ0n) is 15.5. The van der Waals surface area contributed by atoms with E-state index in [0.29, 0.717) is 5.92 Å². The van der Waals surface area contributed by atoms with Crippen molar-refractivity contribution >= 4 is 6.09 Å². The van der Waals surface area contributed by atoms with Gasteiger partial charge in [-0.3, -0.25) is 0 Å². The topological polar surface area (TPSA) is 49.8 Å². The number of aliphatic hydroxyl groups excluding tert-OH is 1. The third-order valence-electron chi connectivity index (χ3n) is 5.60. The summed E-state index contributed by atoms with van der Waals surface area (Å²) in [5.74, 6) is 0.880. The highest BCUT2D eigenvalue weighted by molar-refractivity contribution is 5.69. The van der Waals surface area contributed by atoms with Crippen LogP contribution in [0.2, 0.25) is 0 Å². The summed E-state index contributed by atoms with van der Waals surface area (Å²) in [7, 11) is 0. The van der Waals surface area contributed by atoms with Crippen molar-refractivity contribution < 1.29 is 14.6 Å². The first kappa shape index (κ1) is 18.6. The fraction of sp³-hybridized carbons (Fsp3) is 0.947. The molecule has 0 aromatic carbocycles. The number of carbonyl (C=O) groups excluding carboxylic acids is 1. The maximum Gasteiger partial charge on any atom is 0.410 e. The molecular weight excluding hydrogens is 290 g/mol. The minimum absolute atomic E-state index is 0.123. The number of aliphatic hydroxyl groups is 1. The first-order valence-electron chi connectivity index (χ1n) is 9.42. The van der Waals surface area contributed by atoms with E-state index in [1.54, 1.807) is 0 Å². The summed E-state index contributed by atoms with van der Waals surface area (Å²) in [5.41, 5.74) is -0.476. The Morgan fingerprint density at radius 2 is 1.91 bits per heavy atom. The number of hydrogen-bond acceptors (Lipinski definition) is 3. The van der Waals surface area contributed by atoms with Gasteiger partial charge in [0.1, 0.15) is 5.60 Å². The summed E-state index contributed by atoms with van der Waals surface area (Å²) in [4.78, 5) is 14.7. The third-order valence-corrected chi connectivity index (χ3v) is 5.60. The Balaban J connectivity index is 2.17. The van der Waals surface area contributed by atoms with E-state index in [9.17, 15) is 9.90 Å². The molecule has 1 aliphatic heterocycles. The molecule has 23 heavy (non-hydrogen) atoms. The third kappa shape index (κ3) is 4.62. The second kappa shape index (κ2) is 7.42. The van der Waals surface area contributed by atoms with Crippen molar-refractivity contribution in [2.75, 3.05) is 0 Å². The van der Waals surface area contributed by atoms with Crippen LogP contribution in [0.25, 0.3) is 0 Å². The van der Waals surface area contributed by atoms with Crippen molar-refractivity contribution in [3.63, 3.8) is 0 Å². The first-order valence-corrected chi connectivity index (χ1v) is 9.42. The largest absolute Gasteiger partial charge is 0.444 e. The molecule has 134 valence electrons. The number of amides is 1. The molecule has 1 amide bonds. The minimum atomic E-state index is -0.476. The molecule has 4 nitrogen and oxygen atoms in total. The fourth-order valence-corrected chi connectivity index (χ4v) is 4.34. The molecule has 1 N–H and O–H groups in total. The molecule has 1 aliphatic carbocycles. The lowest BCUT2D eigenvalue weighted by Gasteiger charge is -2.47. The van der Waals surface area contributed by atoms with Crippen molar-refractivity contribution in [1.82, 2.24) is 4.90 Å². The SMILES string of the molecule is CCC1CCC(O)C(C2CCCC(C)N2C(=O)OC(C)(C)C)C1. The molecule has 2 aliphatic rings. The molecular formula is C19H35NO3. The van der Waals surface area contributed by atoms with Crippen LogP contribution in [0.1, 0.15) is 79.6 Å². The molecule has 2 rings (SSSR count). The molecule has 2 fully saturated rings. The summed E-state index contributed by atoms with van der Waals surface area (Å²) >= 11 is 0. The Kier molecular flexibility index (Phi) is 5.99. The zero-order chi connectivity index (χ0) is 17.2. The van der Waals surface area contributed by atoms with Gasteiger partial charge in [0.2, 0.25) is 0 Å². The van der Waals surface area contributed by atoms with Gasteiger partial charge in [0.25, 0.3) is 0 Å². The van der Waals surface area contributed by atoms with E-state index in [-0.39, 0.29) is 30.2 Å². The highest BCUT2D eigenvalue weighted by Crippen LogP contribution is 2.39. The van der Waals surface area contributed by atoms with E-state index < -0.39 is 5.60 Å². The van der Waals surface area contributed by atoms with Gasteiger partial charge < -0.3 is 14.7 Å². The van der Waals surface area contributed by atoms with Crippen LogP contribution in [0, 0.1) is 11.8 Å². The Labute approximate surface area is 141 Å². The Hall–Kier alpha value is -0.770. The van der Waals surface area contributed by atoms with Gasteiger partial charge in [-0.25, -0.2) is 4.79 Å². The molecule has 0 aromatic rings. The van der Waals surface area contributed by atoms with Gasteiger partial charge in [0.05, 0.1) is 6.10 Å². The van der Waals surface area contributed by atoms with Gasteiger partial charge in [0.15, 0.2) is 0 Å². The number of ether oxygens (including phenoxy) is 1. The van der Waals surface area contributed by atoms with Gasteiger partial charge in [-0.1, -0.05) is 13.3 Å². The minimum Gasteiger partial charge on any atom is -0.444 e. The number of piperidine rings is 1. The lowest BCUT2D eigenvalue weighted by molar-refractivity contribution is -0.0480. The van der Waals surface area contributed by atoms with Gasteiger partial charge >= 0.3 is 6.09 Å². The van der Waals surface area contributed by atoms with Crippen LogP contribution < -0.4 is 0 Å². The Morgan fingerprint density at radius 3 is 2.52 bits per heavy atom. The highest BCUT2D eigenvalue weighted by Gasteiger charge is 2.43. The lowest BCUT2D eigenvalue weighted by atomic mass is 9.72. The number of rotatable bonds is 2. The predicted octanol–water partition coefficient (Wildman–Crippen LogP) is 4.35. The van der Waals surface area contributed by atoms with E-state index in [1.807, 2.05) is 25.7 Å². The van der Waals surface area contributed by atoms with Gasteiger partial charge in [-0.15, -0.1) is 0 Å². The zero-order valence-corrected chi connectivity index (χ0v) is 15.5. The number of nitrogens with zero attached hydrogens (tertiary/aromatic N) is 1. The number of hydrogen-bond donors (Lipinski definition) is 1. The van der Waals surface area contributed by atoms with E-state index >= 15 is 0 Å². The van der Waals surface area contributed by atoms with Crippen molar-refractivity contribution in [2.24, 2.45) is 11.8 Å². The average molecular weight is 325 g/mol. The van der Waals surface area contributed by atoms with E-state index in [2.05, 4.69) is 13.8 Å². The summed E-state index contributed by atoms with van der Waals surface area (Å²) in [6.45, 7) is 10.1. The normalized spacial score (nSPS) is 35.9. The maximum absolute atomic E-state index is 12.8. The van der Waals surface area contributed by atoms with E-state index in [4.69, 9.17) is 4.74 Å². The predicted molar refractivity (Wildman–Crippen MR) is 92.3 cm³/mol. The van der Waals surface area contributed by atoms with Gasteiger partial charge in [-0.05, 0) is 72.1 Å². The van der Waals surface area contributed by atoms with Crippen LogP contribution in [-0.2, 0) is 4.74 Å². The van der Waals surface area contributed by atoms with Crippen LogP contribution in [0.3, 0.4) is 0 Å². The molecule has 5 unspecified atom stereocenters. The lowest BCUT2D eigenvalue weighted by Crippen LogP contribution is -2.56. The molecule has 1 saturated carbocycles. The molecule has 0 bridgehead atoms.